The van der Waals surface area contributed by atoms with Crippen molar-refractivity contribution in [3.63, 3.8) is 0 Å². The lowest BCUT2D eigenvalue weighted by Crippen LogP contribution is -2.24. The third-order valence-corrected chi connectivity index (χ3v) is 4.42. The second kappa shape index (κ2) is 6.17. The maximum atomic E-state index is 14.1. The summed E-state index contributed by atoms with van der Waals surface area (Å²) >= 11 is 1.69. The van der Waals surface area contributed by atoms with Crippen LogP contribution in [0.1, 0.15) is 23.4 Å². The highest BCUT2D eigenvalue weighted by Gasteiger charge is 2.19. The van der Waals surface area contributed by atoms with Crippen molar-refractivity contribution in [1.82, 2.24) is 0 Å². The van der Waals surface area contributed by atoms with Crippen molar-refractivity contribution >= 4 is 17.0 Å². The molecule has 2 rings (SSSR count). The molecule has 0 bridgehead atoms. The molecule has 4 heteroatoms. The van der Waals surface area contributed by atoms with Crippen LogP contribution in [0.5, 0.6) is 0 Å². The fourth-order valence-corrected chi connectivity index (χ4v) is 3.05. The van der Waals surface area contributed by atoms with Crippen LogP contribution in [0.2, 0.25) is 0 Å². The molecule has 0 fully saturated rings. The second-order valence-electron chi connectivity index (χ2n) is 4.59. The van der Waals surface area contributed by atoms with Gasteiger partial charge in [-0.15, -0.1) is 11.3 Å². The number of anilines is 1. The lowest BCUT2D eigenvalue weighted by molar-refractivity contribution is 0.609. The zero-order valence-electron chi connectivity index (χ0n) is 11.3. The fourth-order valence-electron chi connectivity index (χ4n) is 2.23. The molecule has 1 aromatic carbocycles. The van der Waals surface area contributed by atoms with Crippen molar-refractivity contribution < 1.29 is 4.39 Å². The third kappa shape index (κ3) is 2.96. The van der Waals surface area contributed by atoms with Gasteiger partial charge in [-0.25, -0.2) is 4.39 Å². The lowest BCUT2D eigenvalue weighted by Gasteiger charge is -2.28. The molecule has 1 aromatic heterocycles. The highest BCUT2D eigenvalue weighted by atomic mass is 32.1. The van der Waals surface area contributed by atoms with Crippen LogP contribution >= 0.6 is 11.3 Å². The van der Waals surface area contributed by atoms with Crippen LogP contribution in [0.3, 0.4) is 0 Å². The van der Waals surface area contributed by atoms with Crippen LogP contribution in [-0.2, 0) is 6.42 Å². The van der Waals surface area contributed by atoms with Gasteiger partial charge in [0.1, 0.15) is 5.82 Å². The summed E-state index contributed by atoms with van der Waals surface area (Å²) < 4.78 is 14.1. The minimum atomic E-state index is -0.183. The Balaban J connectivity index is 2.35. The van der Waals surface area contributed by atoms with E-state index in [1.807, 2.05) is 29.5 Å². The molecule has 0 saturated heterocycles. The second-order valence-corrected chi connectivity index (χ2v) is 5.57. The van der Waals surface area contributed by atoms with E-state index < -0.39 is 0 Å². The smallest absolute Gasteiger partial charge is 0.146 e. The van der Waals surface area contributed by atoms with Gasteiger partial charge < -0.3 is 10.6 Å². The maximum absolute atomic E-state index is 14.1. The van der Waals surface area contributed by atoms with Crippen LogP contribution < -0.4 is 10.6 Å². The number of thiophene rings is 1. The zero-order valence-corrected chi connectivity index (χ0v) is 12.1. The lowest BCUT2D eigenvalue weighted by atomic mass is 10.1. The van der Waals surface area contributed by atoms with Gasteiger partial charge in [0.15, 0.2) is 0 Å². The first-order chi connectivity index (χ1) is 9.15. The molecule has 2 aromatic rings. The number of nitrogens with two attached hydrogens (primary N) is 1. The van der Waals surface area contributed by atoms with Crippen molar-refractivity contribution in [2.75, 3.05) is 18.5 Å². The van der Waals surface area contributed by atoms with Gasteiger partial charge in [0.2, 0.25) is 0 Å². The number of nitrogens with zero attached hydrogens (tertiary/aromatic N) is 1. The van der Waals surface area contributed by atoms with Gasteiger partial charge in [-0.2, -0.15) is 0 Å². The van der Waals surface area contributed by atoms with E-state index in [4.69, 9.17) is 5.73 Å². The van der Waals surface area contributed by atoms with Gasteiger partial charge in [0.25, 0.3) is 0 Å². The standard InChI is InChI=1S/C15H19FN2S/c1-11(14-7-4-10-19-14)18(2)15-12(8-9-17)5-3-6-13(15)16/h3-7,10-11H,8-9,17H2,1-2H3. The summed E-state index contributed by atoms with van der Waals surface area (Å²) in [6.45, 7) is 2.61. The molecule has 2 nitrogen and oxygen atoms in total. The Kier molecular flexibility index (Phi) is 4.56. The highest BCUT2D eigenvalue weighted by Crippen LogP contribution is 2.32. The molecule has 0 radical (unpaired) electrons. The van der Waals surface area contributed by atoms with E-state index >= 15 is 0 Å². The molecule has 102 valence electrons. The number of benzene rings is 1. The summed E-state index contributed by atoms with van der Waals surface area (Å²) in [4.78, 5) is 3.22. The van der Waals surface area contributed by atoms with Gasteiger partial charge in [-0.05, 0) is 43.0 Å². The Morgan fingerprint density at radius 1 is 1.32 bits per heavy atom. The molecule has 0 aliphatic carbocycles. The molecular formula is C15H19FN2S. The maximum Gasteiger partial charge on any atom is 0.146 e. The minimum absolute atomic E-state index is 0.147. The molecule has 1 heterocycles. The Hall–Kier alpha value is -1.39. The molecule has 19 heavy (non-hydrogen) atoms. The van der Waals surface area contributed by atoms with Crippen molar-refractivity contribution in [3.8, 4) is 0 Å². The van der Waals surface area contributed by atoms with E-state index in [1.165, 1.54) is 10.9 Å². The van der Waals surface area contributed by atoms with Crippen molar-refractivity contribution in [3.05, 3.63) is 52.0 Å². The molecule has 0 aliphatic heterocycles. The predicted octanol–water partition coefficient (Wildman–Crippen LogP) is 3.59. The average molecular weight is 278 g/mol. The number of halogens is 1. The summed E-state index contributed by atoms with van der Waals surface area (Å²) in [5.74, 6) is -0.183. The van der Waals surface area contributed by atoms with E-state index in [0.717, 1.165) is 5.56 Å². The zero-order chi connectivity index (χ0) is 13.8. The molecule has 2 N–H and O–H groups in total. The first-order valence-corrected chi connectivity index (χ1v) is 7.26. The monoisotopic (exact) mass is 278 g/mol. The summed E-state index contributed by atoms with van der Waals surface area (Å²) in [6, 6.07) is 9.44. The summed E-state index contributed by atoms with van der Waals surface area (Å²) in [6.07, 6.45) is 0.689. The fraction of sp³-hybridized carbons (Fsp3) is 0.333. The van der Waals surface area contributed by atoms with Crippen LogP contribution in [0.4, 0.5) is 10.1 Å². The number of rotatable bonds is 5. The Morgan fingerprint density at radius 3 is 2.74 bits per heavy atom. The largest absolute Gasteiger partial charge is 0.364 e. The van der Waals surface area contributed by atoms with E-state index in [9.17, 15) is 4.39 Å². The van der Waals surface area contributed by atoms with Crippen molar-refractivity contribution in [2.24, 2.45) is 5.73 Å². The predicted molar refractivity (Wildman–Crippen MR) is 80.3 cm³/mol. The van der Waals surface area contributed by atoms with E-state index in [1.54, 1.807) is 17.4 Å². The van der Waals surface area contributed by atoms with Gasteiger partial charge >= 0.3 is 0 Å². The van der Waals surface area contributed by atoms with Gasteiger partial charge in [0.05, 0.1) is 11.7 Å². The van der Waals surface area contributed by atoms with Gasteiger partial charge in [-0.3, -0.25) is 0 Å². The molecule has 1 unspecified atom stereocenters. The number of hydrogen-bond donors (Lipinski definition) is 1. The summed E-state index contributed by atoms with van der Waals surface area (Å²) in [5.41, 5.74) is 7.24. The minimum Gasteiger partial charge on any atom is -0.364 e. The Morgan fingerprint density at radius 2 is 2.11 bits per heavy atom. The third-order valence-electron chi connectivity index (χ3n) is 3.37. The molecule has 1 atom stereocenters. The normalized spacial score (nSPS) is 12.4. The van der Waals surface area contributed by atoms with Crippen molar-refractivity contribution in [1.29, 1.82) is 0 Å². The SMILES string of the molecule is CC(c1cccs1)N(C)c1c(F)cccc1CCN. The summed E-state index contributed by atoms with van der Waals surface area (Å²) in [5, 5.41) is 2.04. The van der Waals surface area contributed by atoms with E-state index in [0.29, 0.717) is 18.7 Å². The molecule has 0 spiro atoms. The van der Waals surface area contributed by atoms with Crippen LogP contribution in [0.15, 0.2) is 35.7 Å². The Labute approximate surface area is 117 Å². The number of hydrogen-bond acceptors (Lipinski definition) is 3. The highest BCUT2D eigenvalue weighted by molar-refractivity contribution is 7.10. The quantitative estimate of drug-likeness (QED) is 0.905. The molecule has 0 aliphatic rings. The van der Waals surface area contributed by atoms with E-state index in [-0.39, 0.29) is 11.9 Å². The first kappa shape index (κ1) is 14.0. The molecule has 0 saturated carbocycles. The summed E-state index contributed by atoms with van der Waals surface area (Å²) in [7, 11) is 1.93. The van der Waals surface area contributed by atoms with E-state index in [2.05, 4.69) is 13.0 Å². The topological polar surface area (TPSA) is 29.3 Å². The van der Waals surface area contributed by atoms with Crippen molar-refractivity contribution in [2.45, 2.75) is 19.4 Å². The molecule has 0 amide bonds. The number of para-hydroxylation sites is 1. The molecular weight excluding hydrogens is 259 g/mol. The Bertz CT molecular complexity index is 525. The average Bonchev–Trinajstić information content (AvgIpc) is 2.91. The van der Waals surface area contributed by atoms with Crippen LogP contribution in [-0.4, -0.2) is 13.6 Å². The first-order valence-electron chi connectivity index (χ1n) is 6.39. The van der Waals surface area contributed by atoms with Crippen LogP contribution in [0.25, 0.3) is 0 Å². The van der Waals surface area contributed by atoms with Gasteiger partial charge in [-0.1, -0.05) is 18.2 Å². The van der Waals surface area contributed by atoms with Crippen LogP contribution in [0, 0.1) is 5.82 Å². The van der Waals surface area contributed by atoms with Gasteiger partial charge in [0, 0.05) is 11.9 Å².